The Hall–Kier alpha value is -1.83. The molecule has 0 fully saturated rings. The molecule has 0 N–H and O–H groups in total. The van der Waals surface area contributed by atoms with Crippen LogP contribution in [0.2, 0.25) is 0 Å². The van der Waals surface area contributed by atoms with E-state index in [0.29, 0.717) is 0 Å². The van der Waals surface area contributed by atoms with Crippen LogP contribution in [-0.2, 0) is 19.3 Å². The number of pyridine rings is 1. The standard InChI is InChI=1S/C18H21NO/c1-13-9-16-11-15(5-8-18(16)19-12-13)10-14-3-6-17(20-2)7-4-14/h3-4,6-7,9,12,15H,5,8,10-11H2,1-2H3/t15-/m1/s1. The number of benzene rings is 1. The smallest absolute Gasteiger partial charge is 0.118 e. The molecule has 2 nitrogen and oxygen atoms in total. The van der Waals surface area contributed by atoms with Crippen molar-refractivity contribution in [2.24, 2.45) is 5.92 Å². The highest BCUT2D eigenvalue weighted by molar-refractivity contribution is 5.30. The summed E-state index contributed by atoms with van der Waals surface area (Å²) >= 11 is 0. The Morgan fingerprint density at radius 2 is 2.05 bits per heavy atom. The van der Waals surface area contributed by atoms with Crippen LogP contribution >= 0.6 is 0 Å². The van der Waals surface area contributed by atoms with Crippen LogP contribution in [0.1, 0.15) is 28.8 Å². The SMILES string of the molecule is COc1ccc(C[C@H]2CCc3ncc(C)cc3C2)cc1. The van der Waals surface area contributed by atoms with E-state index in [1.165, 1.54) is 28.8 Å². The second kappa shape index (κ2) is 5.66. The lowest BCUT2D eigenvalue weighted by Gasteiger charge is -2.24. The quantitative estimate of drug-likeness (QED) is 0.845. The first-order chi connectivity index (χ1) is 9.74. The lowest BCUT2D eigenvalue weighted by molar-refractivity contribution is 0.414. The van der Waals surface area contributed by atoms with Crippen LogP contribution in [0.3, 0.4) is 0 Å². The molecule has 0 saturated carbocycles. The van der Waals surface area contributed by atoms with Gasteiger partial charge in [-0.25, -0.2) is 0 Å². The number of aryl methyl sites for hydroxylation is 2. The van der Waals surface area contributed by atoms with Crippen molar-refractivity contribution in [3.63, 3.8) is 0 Å². The van der Waals surface area contributed by atoms with Gasteiger partial charge < -0.3 is 4.74 Å². The normalized spacial score (nSPS) is 17.6. The van der Waals surface area contributed by atoms with Crippen LogP contribution in [-0.4, -0.2) is 12.1 Å². The van der Waals surface area contributed by atoms with Crippen molar-refractivity contribution >= 4 is 0 Å². The van der Waals surface area contributed by atoms with Crippen LogP contribution in [0.25, 0.3) is 0 Å². The minimum atomic E-state index is 0.736. The highest BCUT2D eigenvalue weighted by atomic mass is 16.5. The number of fused-ring (bicyclic) bond motifs is 1. The molecule has 0 spiro atoms. The molecule has 0 radical (unpaired) electrons. The summed E-state index contributed by atoms with van der Waals surface area (Å²) in [6.07, 6.45) is 6.67. The minimum absolute atomic E-state index is 0.736. The molecular weight excluding hydrogens is 246 g/mol. The Morgan fingerprint density at radius 1 is 1.25 bits per heavy atom. The molecule has 0 unspecified atom stereocenters. The number of methoxy groups -OCH3 is 1. The number of rotatable bonds is 3. The van der Waals surface area contributed by atoms with Gasteiger partial charge in [0, 0.05) is 11.9 Å². The van der Waals surface area contributed by atoms with Gasteiger partial charge in [0.1, 0.15) is 5.75 Å². The summed E-state index contributed by atoms with van der Waals surface area (Å²) in [5.41, 5.74) is 5.44. The van der Waals surface area contributed by atoms with E-state index in [1.54, 1.807) is 7.11 Å². The predicted molar refractivity (Wildman–Crippen MR) is 81.2 cm³/mol. The lowest BCUT2D eigenvalue weighted by atomic mass is 9.82. The van der Waals surface area contributed by atoms with Gasteiger partial charge in [-0.15, -0.1) is 0 Å². The fraction of sp³-hybridized carbons (Fsp3) is 0.389. The summed E-state index contributed by atoms with van der Waals surface area (Å²) in [7, 11) is 1.71. The van der Waals surface area contributed by atoms with Crippen molar-refractivity contribution in [3.8, 4) is 5.75 Å². The molecule has 1 aromatic carbocycles. The Morgan fingerprint density at radius 3 is 2.80 bits per heavy atom. The summed E-state index contributed by atoms with van der Waals surface area (Å²) in [5.74, 6) is 1.67. The molecule has 0 saturated heterocycles. The average molecular weight is 267 g/mol. The first kappa shape index (κ1) is 13.2. The highest BCUT2D eigenvalue weighted by Crippen LogP contribution is 2.27. The van der Waals surface area contributed by atoms with Crippen molar-refractivity contribution in [3.05, 3.63) is 58.9 Å². The fourth-order valence-corrected chi connectivity index (χ4v) is 3.08. The fourth-order valence-electron chi connectivity index (χ4n) is 3.08. The first-order valence-electron chi connectivity index (χ1n) is 7.32. The maximum atomic E-state index is 5.21. The number of hydrogen-bond donors (Lipinski definition) is 0. The summed E-state index contributed by atoms with van der Waals surface area (Å²) in [6.45, 7) is 2.13. The van der Waals surface area contributed by atoms with E-state index in [1.807, 2.05) is 6.20 Å². The molecule has 20 heavy (non-hydrogen) atoms. The van der Waals surface area contributed by atoms with Crippen LogP contribution in [0.4, 0.5) is 0 Å². The Labute approximate surface area is 120 Å². The van der Waals surface area contributed by atoms with Gasteiger partial charge >= 0.3 is 0 Å². The van der Waals surface area contributed by atoms with Crippen LogP contribution in [0, 0.1) is 12.8 Å². The number of ether oxygens (including phenoxy) is 1. The third-order valence-corrected chi connectivity index (χ3v) is 4.18. The first-order valence-corrected chi connectivity index (χ1v) is 7.32. The minimum Gasteiger partial charge on any atom is -0.497 e. The van der Waals surface area contributed by atoms with Gasteiger partial charge in [0.2, 0.25) is 0 Å². The monoisotopic (exact) mass is 267 g/mol. The molecule has 0 aliphatic heterocycles. The van der Waals surface area contributed by atoms with E-state index >= 15 is 0 Å². The van der Waals surface area contributed by atoms with Crippen molar-refractivity contribution in [1.82, 2.24) is 4.98 Å². The molecule has 2 aromatic rings. The molecule has 1 aliphatic rings. The van der Waals surface area contributed by atoms with Crippen molar-refractivity contribution in [2.75, 3.05) is 7.11 Å². The van der Waals surface area contributed by atoms with Gasteiger partial charge in [0.05, 0.1) is 7.11 Å². The van der Waals surface area contributed by atoms with Gasteiger partial charge in [0.25, 0.3) is 0 Å². The second-order valence-electron chi connectivity index (χ2n) is 5.78. The molecule has 1 heterocycles. The maximum Gasteiger partial charge on any atom is 0.118 e. The number of hydrogen-bond acceptors (Lipinski definition) is 2. The summed E-state index contributed by atoms with van der Waals surface area (Å²) in [4.78, 5) is 4.57. The number of nitrogens with zero attached hydrogens (tertiary/aromatic N) is 1. The van der Waals surface area contributed by atoms with Crippen molar-refractivity contribution in [2.45, 2.75) is 32.6 Å². The molecule has 104 valence electrons. The Bertz CT molecular complexity index is 589. The molecule has 2 heteroatoms. The van der Waals surface area contributed by atoms with E-state index in [-0.39, 0.29) is 0 Å². The highest BCUT2D eigenvalue weighted by Gasteiger charge is 2.19. The van der Waals surface area contributed by atoms with E-state index in [9.17, 15) is 0 Å². The average Bonchev–Trinajstić information content (AvgIpc) is 2.47. The van der Waals surface area contributed by atoms with Gasteiger partial charge in [-0.1, -0.05) is 18.2 Å². The van der Waals surface area contributed by atoms with Crippen LogP contribution in [0.5, 0.6) is 5.75 Å². The molecule has 3 rings (SSSR count). The summed E-state index contributed by atoms with van der Waals surface area (Å²) < 4.78 is 5.21. The van der Waals surface area contributed by atoms with Crippen molar-refractivity contribution in [1.29, 1.82) is 0 Å². The van der Waals surface area contributed by atoms with E-state index < -0.39 is 0 Å². The molecule has 1 atom stereocenters. The summed E-state index contributed by atoms with van der Waals surface area (Å²) in [6, 6.07) is 10.8. The van der Waals surface area contributed by atoms with E-state index in [2.05, 4.69) is 42.2 Å². The van der Waals surface area contributed by atoms with Crippen LogP contribution < -0.4 is 4.74 Å². The molecule has 0 bridgehead atoms. The van der Waals surface area contributed by atoms with Gasteiger partial charge in [-0.05, 0) is 67.3 Å². The Balaban J connectivity index is 1.70. The number of aromatic nitrogens is 1. The van der Waals surface area contributed by atoms with Crippen LogP contribution in [0.15, 0.2) is 36.5 Å². The van der Waals surface area contributed by atoms with Crippen molar-refractivity contribution < 1.29 is 4.74 Å². The zero-order valence-electron chi connectivity index (χ0n) is 12.2. The maximum absolute atomic E-state index is 5.21. The van der Waals surface area contributed by atoms with E-state index in [4.69, 9.17) is 4.74 Å². The molecule has 1 aromatic heterocycles. The topological polar surface area (TPSA) is 22.1 Å². The third-order valence-electron chi connectivity index (χ3n) is 4.18. The molecule has 1 aliphatic carbocycles. The second-order valence-corrected chi connectivity index (χ2v) is 5.78. The third kappa shape index (κ3) is 2.84. The summed E-state index contributed by atoms with van der Waals surface area (Å²) in [5, 5.41) is 0. The zero-order valence-corrected chi connectivity index (χ0v) is 12.2. The van der Waals surface area contributed by atoms with Gasteiger partial charge in [-0.2, -0.15) is 0 Å². The zero-order chi connectivity index (χ0) is 13.9. The van der Waals surface area contributed by atoms with E-state index in [0.717, 1.165) is 30.9 Å². The van der Waals surface area contributed by atoms with Gasteiger partial charge in [0.15, 0.2) is 0 Å². The lowest BCUT2D eigenvalue weighted by Crippen LogP contribution is -2.17. The molecule has 0 amide bonds. The Kier molecular flexibility index (Phi) is 3.72. The predicted octanol–water partition coefficient (Wildman–Crippen LogP) is 3.75. The largest absolute Gasteiger partial charge is 0.497 e. The van der Waals surface area contributed by atoms with Gasteiger partial charge in [-0.3, -0.25) is 4.98 Å². The molecular formula is C18H21NO.